The molecule has 1 aromatic rings. The number of ether oxygens (including phenoxy) is 2. The molecule has 0 unspecified atom stereocenters. The van der Waals surface area contributed by atoms with Crippen LogP contribution in [0.4, 0.5) is 0 Å². The smallest absolute Gasteiger partial charge is 0.341 e. The Hall–Kier alpha value is -1.71. The van der Waals surface area contributed by atoms with Gasteiger partial charge in [-0.1, -0.05) is 6.07 Å². The van der Waals surface area contributed by atoms with Crippen molar-refractivity contribution < 1.29 is 19.4 Å². The lowest BCUT2D eigenvalue weighted by Gasteiger charge is -2.12. The molecule has 0 saturated carbocycles. The van der Waals surface area contributed by atoms with Gasteiger partial charge < -0.3 is 14.6 Å². The molecule has 0 fully saturated rings. The molecule has 0 spiro atoms. The van der Waals surface area contributed by atoms with Gasteiger partial charge in [-0.15, -0.1) is 0 Å². The Labute approximate surface area is 88.4 Å². The molecule has 4 heteroatoms. The van der Waals surface area contributed by atoms with Crippen molar-refractivity contribution >= 4 is 5.97 Å². The highest BCUT2D eigenvalue weighted by Crippen LogP contribution is 2.31. The molecule has 1 N–H and O–H groups in total. The summed E-state index contributed by atoms with van der Waals surface area (Å²) < 4.78 is 10.3. The van der Waals surface area contributed by atoms with Crippen molar-refractivity contribution in [2.24, 2.45) is 0 Å². The second kappa shape index (κ2) is 4.68. The molecule has 0 aliphatic rings. The van der Waals surface area contributed by atoms with Crippen LogP contribution >= 0.6 is 0 Å². The molecule has 82 valence electrons. The summed E-state index contributed by atoms with van der Waals surface area (Å²) in [5, 5.41) is 8.51. The van der Waals surface area contributed by atoms with E-state index in [2.05, 4.69) is 0 Å². The molecule has 0 aliphatic heterocycles. The fourth-order valence-corrected chi connectivity index (χ4v) is 1.42. The van der Waals surface area contributed by atoms with Crippen LogP contribution in [-0.4, -0.2) is 24.8 Å². The molecule has 15 heavy (non-hydrogen) atoms. The van der Waals surface area contributed by atoms with E-state index >= 15 is 0 Å². The van der Waals surface area contributed by atoms with Crippen molar-refractivity contribution in [1.29, 1.82) is 0 Å². The normalized spacial score (nSPS) is 9.80. The standard InChI is InChI=1S/C11H14O4/c1-7-4-8(2)11(14-3)9(5-7)15-6-10(12)13/h4-5H,6H2,1-3H3,(H,12,13). The average Bonchev–Trinajstić information content (AvgIpc) is 2.13. The van der Waals surface area contributed by atoms with Crippen LogP contribution in [0.2, 0.25) is 0 Å². The van der Waals surface area contributed by atoms with Gasteiger partial charge in [-0.3, -0.25) is 0 Å². The Morgan fingerprint density at radius 2 is 2.07 bits per heavy atom. The van der Waals surface area contributed by atoms with E-state index in [4.69, 9.17) is 14.6 Å². The molecule has 0 bridgehead atoms. The van der Waals surface area contributed by atoms with E-state index in [0.29, 0.717) is 11.5 Å². The van der Waals surface area contributed by atoms with Gasteiger partial charge >= 0.3 is 5.97 Å². The van der Waals surface area contributed by atoms with E-state index in [1.165, 1.54) is 7.11 Å². The van der Waals surface area contributed by atoms with Gasteiger partial charge in [-0.25, -0.2) is 4.79 Å². The molecule has 0 amide bonds. The summed E-state index contributed by atoms with van der Waals surface area (Å²) in [6.07, 6.45) is 0. The topological polar surface area (TPSA) is 55.8 Å². The molecule has 0 atom stereocenters. The maximum atomic E-state index is 10.4. The Bertz CT molecular complexity index is 371. The Kier molecular flexibility index (Phi) is 3.55. The quantitative estimate of drug-likeness (QED) is 0.822. The molecule has 1 aromatic carbocycles. The molecule has 0 radical (unpaired) electrons. The van der Waals surface area contributed by atoms with Crippen LogP contribution in [-0.2, 0) is 4.79 Å². The molecular weight excluding hydrogens is 196 g/mol. The summed E-state index contributed by atoms with van der Waals surface area (Å²) in [4.78, 5) is 10.4. The zero-order chi connectivity index (χ0) is 11.4. The zero-order valence-corrected chi connectivity index (χ0v) is 9.03. The number of aryl methyl sites for hydroxylation is 2. The number of hydrogen-bond acceptors (Lipinski definition) is 3. The van der Waals surface area contributed by atoms with Crippen LogP contribution in [0.3, 0.4) is 0 Å². The van der Waals surface area contributed by atoms with Gasteiger partial charge in [0.05, 0.1) is 7.11 Å². The average molecular weight is 210 g/mol. The maximum Gasteiger partial charge on any atom is 0.341 e. The summed E-state index contributed by atoms with van der Waals surface area (Å²) in [6.45, 7) is 3.44. The number of aliphatic carboxylic acids is 1. The van der Waals surface area contributed by atoms with Crippen LogP contribution in [0.15, 0.2) is 12.1 Å². The second-order valence-electron chi connectivity index (χ2n) is 3.30. The molecule has 1 rings (SSSR count). The van der Waals surface area contributed by atoms with Crippen molar-refractivity contribution in [3.8, 4) is 11.5 Å². The van der Waals surface area contributed by atoms with Crippen LogP contribution in [0.25, 0.3) is 0 Å². The second-order valence-corrected chi connectivity index (χ2v) is 3.30. The van der Waals surface area contributed by atoms with Gasteiger partial charge in [0.1, 0.15) is 0 Å². The number of hydrogen-bond donors (Lipinski definition) is 1. The lowest BCUT2D eigenvalue weighted by Crippen LogP contribution is -2.10. The summed E-state index contributed by atoms with van der Waals surface area (Å²) in [7, 11) is 1.53. The molecule has 0 aromatic heterocycles. The first-order valence-corrected chi connectivity index (χ1v) is 4.54. The van der Waals surface area contributed by atoms with Crippen LogP contribution in [0, 0.1) is 13.8 Å². The minimum Gasteiger partial charge on any atom is -0.493 e. The van der Waals surface area contributed by atoms with Crippen molar-refractivity contribution in [3.05, 3.63) is 23.3 Å². The largest absolute Gasteiger partial charge is 0.493 e. The third-order valence-electron chi connectivity index (χ3n) is 1.94. The lowest BCUT2D eigenvalue weighted by molar-refractivity contribution is -0.139. The summed E-state index contributed by atoms with van der Waals surface area (Å²) in [6, 6.07) is 3.71. The fourth-order valence-electron chi connectivity index (χ4n) is 1.42. The molecule has 0 saturated heterocycles. The van der Waals surface area contributed by atoms with Gasteiger partial charge in [-0.2, -0.15) is 0 Å². The fraction of sp³-hybridized carbons (Fsp3) is 0.364. The predicted molar refractivity (Wildman–Crippen MR) is 55.6 cm³/mol. The first-order chi connectivity index (χ1) is 7.04. The van der Waals surface area contributed by atoms with Crippen molar-refractivity contribution in [2.75, 3.05) is 13.7 Å². The van der Waals surface area contributed by atoms with E-state index < -0.39 is 5.97 Å². The summed E-state index contributed by atoms with van der Waals surface area (Å²) in [5.41, 5.74) is 1.94. The van der Waals surface area contributed by atoms with E-state index in [-0.39, 0.29) is 6.61 Å². The van der Waals surface area contributed by atoms with Gasteiger partial charge in [-0.05, 0) is 31.0 Å². The molecule has 4 nitrogen and oxygen atoms in total. The van der Waals surface area contributed by atoms with E-state index in [1.807, 2.05) is 19.9 Å². The highest BCUT2D eigenvalue weighted by Gasteiger charge is 2.09. The number of carboxylic acids is 1. The van der Waals surface area contributed by atoms with Crippen LogP contribution in [0.1, 0.15) is 11.1 Å². The van der Waals surface area contributed by atoms with E-state index in [9.17, 15) is 4.79 Å². The van der Waals surface area contributed by atoms with Crippen molar-refractivity contribution in [1.82, 2.24) is 0 Å². The number of methoxy groups -OCH3 is 1. The van der Waals surface area contributed by atoms with Crippen molar-refractivity contribution in [2.45, 2.75) is 13.8 Å². The van der Waals surface area contributed by atoms with E-state index in [1.54, 1.807) is 6.07 Å². The Morgan fingerprint density at radius 3 is 2.60 bits per heavy atom. The first kappa shape index (κ1) is 11.4. The lowest BCUT2D eigenvalue weighted by atomic mass is 10.1. The number of benzene rings is 1. The summed E-state index contributed by atoms with van der Waals surface area (Å²) in [5.74, 6) is 0.0514. The Morgan fingerprint density at radius 1 is 1.40 bits per heavy atom. The zero-order valence-electron chi connectivity index (χ0n) is 9.03. The molecular formula is C11H14O4. The van der Waals surface area contributed by atoms with Gasteiger partial charge in [0, 0.05) is 0 Å². The number of carboxylic acid groups (broad SMARTS) is 1. The van der Waals surface area contributed by atoms with E-state index in [0.717, 1.165) is 11.1 Å². The van der Waals surface area contributed by atoms with Gasteiger partial charge in [0.25, 0.3) is 0 Å². The van der Waals surface area contributed by atoms with Gasteiger partial charge in [0.2, 0.25) is 0 Å². The maximum absolute atomic E-state index is 10.4. The highest BCUT2D eigenvalue weighted by atomic mass is 16.5. The number of rotatable bonds is 4. The monoisotopic (exact) mass is 210 g/mol. The molecule has 0 aliphatic carbocycles. The third kappa shape index (κ3) is 2.87. The van der Waals surface area contributed by atoms with Crippen LogP contribution in [0.5, 0.6) is 11.5 Å². The SMILES string of the molecule is COc1c(C)cc(C)cc1OCC(=O)O. The van der Waals surface area contributed by atoms with Gasteiger partial charge in [0.15, 0.2) is 18.1 Å². The minimum atomic E-state index is -1.00. The third-order valence-corrected chi connectivity index (χ3v) is 1.94. The van der Waals surface area contributed by atoms with Crippen LogP contribution < -0.4 is 9.47 Å². The van der Waals surface area contributed by atoms with Crippen molar-refractivity contribution in [3.63, 3.8) is 0 Å². The molecule has 0 heterocycles. The predicted octanol–water partition coefficient (Wildman–Crippen LogP) is 1.78. The minimum absolute atomic E-state index is 0.362. The number of carbonyl (C=O) groups is 1. The highest BCUT2D eigenvalue weighted by molar-refractivity contribution is 5.68. The summed E-state index contributed by atoms with van der Waals surface area (Å²) >= 11 is 0. The first-order valence-electron chi connectivity index (χ1n) is 4.54. The Balaban J connectivity index is 2.98.